The van der Waals surface area contributed by atoms with Crippen molar-refractivity contribution in [2.24, 2.45) is 0 Å². The Labute approximate surface area is 316 Å². The third kappa shape index (κ3) is 5.44. The molecule has 5 aromatic carbocycles. The van der Waals surface area contributed by atoms with E-state index in [-0.39, 0.29) is 10.8 Å². The highest BCUT2D eigenvalue weighted by Gasteiger charge is 2.39. The number of nitrogens with zero attached hydrogens (tertiary/aromatic N) is 1. The lowest BCUT2D eigenvalue weighted by molar-refractivity contribution is 0.185. The Bertz CT molecular complexity index is 2430. The molecule has 4 aliphatic rings. The zero-order chi connectivity index (χ0) is 36.8. The van der Waals surface area contributed by atoms with Crippen molar-refractivity contribution >= 4 is 28.7 Å². The highest BCUT2D eigenvalue weighted by Crippen LogP contribution is 2.55. The molecule has 2 heteroatoms. The summed E-state index contributed by atoms with van der Waals surface area (Å²) in [6, 6.07) is 32.8. The SMILES string of the molecule is Cc1ccc(-c2c3cc(C)cc2N(c2cc4c(cc2C)C(C)(C)CCC4(C)C)/C(c2ccccc2C)=C\c2ccc4c(c2-3)C2=C(CCC=C2)OC4)cc1. The van der Waals surface area contributed by atoms with E-state index < -0.39 is 0 Å². The first-order valence-electron chi connectivity index (χ1n) is 19.6. The fraction of sp³-hybridized carbons (Fsp3) is 0.294. The van der Waals surface area contributed by atoms with E-state index in [0.717, 1.165) is 18.6 Å². The van der Waals surface area contributed by atoms with Gasteiger partial charge in [0.15, 0.2) is 0 Å². The minimum absolute atomic E-state index is 0.0762. The molecule has 2 bridgehead atoms. The van der Waals surface area contributed by atoms with Crippen LogP contribution >= 0.6 is 0 Å². The molecule has 2 nitrogen and oxygen atoms in total. The van der Waals surface area contributed by atoms with Gasteiger partial charge in [-0.3, -0.25) is 0 Å². The summed E-state index contributed by atoms with van der Waals surface area (Å²) in [5, 5.41) is 0. The fourth-order valence-electron chi connectivity index (χ4n) is 9.46. The Morgan fingerprint density at radius 2 is 1.38 bits per heavy atom. The van der Waals surface area contributed by atoms with Gasteiger partial charge in [-0.2, -0.15) is 0 Å². The van der Waals surface area contributed by atoms with Gasteiger partial charge < -0.3 is 9.64 Å². The third-order valence-electron chi connectivity index (χ3n) is 12.6. The molecule has 5 aromatic rings. The summed E-state index contributed by atoms with van der Waals surface area (Å²) in [5.74, 6) is 1.13. The van der Waals surface area contributed by atoms with Crippen LogP contribution in [0.3, 0.4) is 0 Å². The quantitative estimate of drug-likeness (QED) is 0.186. The largest absolute Gasteiger partial charge is 0.493 e. The van der Waals surface area contributed by atoms with Crippen molar-refractivity contribution in [3.8, 4) is 22.3 Å². The lowest BCUT2D eigenvalue weighted by Gasteiger charge is -2.43. The predicted molar refractivity (Wildman–Crippen MR) is 225 cm³/mol. The zero-order valence-corrected chi connectivity index (χ0v) is 32.7. The minimum Gasteiger partial charge on any atom is -0.493 e. The molecule has 2 aliphatic carbocycles. The summed E-state index contributed by atoms with van der Waals surface area (Å²) in [7, 11) is 0. The van der Waals surface area contributed by atoms with Gasteiger partial charge in [-0.25, -0.2) is 0 Å². The van der Waals surface area contributed by atoms with Crippen molar-refractivity contribution in [3.63, 3.8) is 0 Å². The van der Waals surface area contributed by atoms with E-state index in [4.69, 9.17) is 4.74 Å². The molecule has 2 aliphatic heterocycles. The molecule has 0 saturated heterocycles. The topological polar surface area (TPSA) is 12.5 Å². The van der Waals surface area contributed by atoms with Crippen LogP contribution in [0.2, 0.25) is 0 Å². The van der Waals surface area contributed by atoms with E-state index in [1.54, 1.807) is 0 Å². The van der Waals surface area contributed by atoms with Crippen LogP contribution in [0, 0.1) is 27.7 Å². The molecular weight excluding hydrogens is 643 g/mol. The summed E-state index contributed by atoms with van der Waals surface area (Å²) in [6.45, 7) is 19.4. The number of allylic oxidation sites excluding steroid dienone is 4. The minimum atomic E-state index is 0.0762. The third-order valence-corrected chi connectivity index (χ3v) is 12.6. The fourth-order valence-corrected chi connectivity index (χ4v) is 9.46. The van der Waals surface area contributed by atoms with Gasteiger partial charge in [0.05, 0.1) is 11.4 Å². The first-order valence-corrected chi connectivity index (χ1v) is 19.6. The van der Waals surface area contributed by atoms with Crippen LogP contribution in [0.15, 0.2) is 103 Å². The van der Waals surface area contributed by atoms with Gasteiger partial charge in [0.1, 0.15) is 12.4 Å². The van der Waals surface area contributed by atoms with E-state index in [2.05, 4.69) is 163 Å². The van der Waals surface area contributed by atoms with Gasteiger partial charge in [-0.05, 0) is 132 Å². The molecule has 0 N–H and O–H groups in total. The molecule has 53 heavy (non-hydrogen) atoms. The Hall–Kier alpha value is -5.08. The number of ether oxygens (including phenoxy) is 1. The molecule has 0 amide bonds. The van der Waals surface area contributed by atoms with Crippen LogP contribution < -0.4 is 4.90 Å². The first-order chi connectivity index (χ1) is 25.4. The zero-order valence-electron chi connectivity index (χ0n) is 32.7. The van der Waals surface area contributed by atoms with Gasteiger partial charge in [-0.15, -0.1) is 0 Å². The van der Waals surface area contributed by atoms with Gasteiger partial charge in [-0.1, -0.05) is 118 Å². The molecular formula is C51H51NO. The van der Waals surface area contributed by atoms with Crippen LogP contribution in [0.4, 0.5) is 11.4 Å². The molecule has 266 valence electrons. The molecule has 0 fully saturated rings. The molecule has 9 rings (SSSR count). The molecule has 0 saturated carbocycles. The van der Waals surface area contributed by atoms with Gasteiger partial charge in [0, 0.05) is 34.4 Å². The van der Waals surface area contributed by atoms with Crippen LogP contribution in [0.1, 0.15) is 109 Å². The maximum Gasteiger partial charge on any atom is 0.113 e. The van der Waals surface area contributed by atoms with Crippen molar-refractivity contribution in [2.45, 2.75) is 98.5 Å². The average Bonchev–Trinajstić information content (AvgIpc) is 3.13. The highest BCUT2D eigenvalue weighted by atomic mass is 16.5. The maximum absolute atomic E-state index is 6.44. The summed E-state index contributed by atoms with van der Waals surface area (Å²) in [5.41, 5.74) is 23.3. The van der Waals surface area contributed by atoms with Crippen molar-refractivity contribution in [1.82, 2.24) is 0 Å². The normalized spacial score (nSPS) is 18.8. The summed E-state index contributed by atoms with van der Waals surface area (Å²) in [4.78, 5) is 2.62. The second-order valence-corrected chi connectivity index (χ2v) is 17.3. The molecule has 0 atom stereocenters. The van der Waals surface area contributed by atoms with Crippen LogP contribution in [-0.2, 0) is 22.2 Å². The van der Waals surface area contributed by atoms with Crippen LogP contribution in [0.5, 0.6) is 0 Å². The van der Waals surface area contributed by atoms with Crippen molar-refractivity contribution in [2.75, 3.05) is 4.90 Å². The van der Waals surface area contributed by atoms with Crippen LogP contribution in [-0.4, -0.2) is 0 Å². The van der Waals surface area contributed by atoms with E-state index in [9.17, 15) is 0 Å². The number of aryl methyl sites for hydroxylation is 4. The monoisotopic (exact) mass is 693 g/mol. The smallest absolute Gasteiger partial charge is 0.113 e. The number of hydrogen-bond donors (Lipinski definition) is 0. The van der Waals surface area contributed by atoms with Gasteiger partial charge >= 0.3 is 0 Å². The Balaban J connectivity index is 1.46. The van der Waals surface area contributed by atoms with E-state index in [0.29, 0.717) is 6.61 Å². The van der Waals surface area contributed by atoms with Gasteiger partial charge in [0.2, 0.25) is 0 Å². The Morgan fingerprint density at radius 3 is 2.13 bits per heavy atom. The second kappa shape index (κ2) is 12.2. The molecule has 0 aromatic heterocycles. The van der Waals surface area contributed by atoms with Crippen molar-refractivity contribution in [3.05, 3.63) is 158 Å². The Morgan fingerprint density at radius 1 is 0.642 bits per heavy atom. The standard InChI is InChI=1S/C51H51NO/c1-31-17-19-35(20-18-31)47-40-25-32(2)26-45(47)52(43-29-42-41(27-34(43)4)50(5,6)23-24-51(42,7)8)44(38-14-10-9-13-33(38)3)28-36-21-22-37-30-53-46-16-12-11-15-39(46)49(37)48(36)40/h9-11,13-15,17-22,25-29H,12,16,23-24,30H2,1-8H3/b44-28-. The van der Waals surface area contributed by atoms with Crippen molar-refractivity contribution in [1.29, 1.82) is 0 Å². The summed E-state index contributed by atoms with van der Waals surface area (Å²) < 4.78 is 6.44. The lowest BCUT2D eigenvalue weighted by Crippen LogP contribution is -2.34. The number of fused-ring (bicyclic) bond motifs is 8. The highest BCUT2D eigenvalue weighted by molar-refractivity contribution is 6.10. The molecule has 0 spiro atoms. The number of anilines is 2. The number of benzene rings is 5. The predicted octanol–water partition coefficient (Wildman–Crippen LogP) is 13.8. The molecule has 0 radical (unpaired) electrons. The average molecular weight is 694 g/mol. The summed E-state index contributed by atoms with van der Waals surface area (Å²) >= 11 is 0. The number of hydrogen-bond acceptors (Lipinski definition) is 2. The van der Waals surface area contributed by atoms with E-state index in [1.807, 2.05) is 0 Å². The molecule has 2 heterocycles. The van der Waals surface area contributed by atoms with Crippen LogP contribution in [0.25, 0.3) is 39.6 Å². The van der Waals surface area contributed by atoms with Crippen molar-refractivity contribution < 1.29 is 4.74 Å². The van der Waals surface area contributed by atoms with Gasteiger partial charge in [0.25, 0.3) is 0 Å². The lowest BCUT2D eigenvalue weighted by atomic mass is 9.63. The van der Waals surface area contributed by atoms with E-state index in [1.165, 1.54) is 113 Å². The Kier molecular flexibility index (Phi) is 7.79. The first kappa shape index (κ1) is 33.7. The maximum atomic E-state index is 6.44. The second-order valence-electron chi connectivity index (χ2n) is 17.3. The number of rotatable bonds is 3. The van der Waals surface area contributed by atoms with E-state index >= 15 is 0 Å². The molecule has 0 unspecified atom stereocenters. The summed E-state index contributed by atoms with van der Waals surface area (Å²) in [6.07, 6.45) is 11.5.